The quantitative estimate of drug-likeness (QED) is 0.738. The first kappa shape index (κ1) is 17.9. The minimum Gasteiger partial charge on any atom is -0.354 e. The Hall–Kier alpha value is -3.50. The zero-order chi connectivity index (χ0) is 19.2. The summed E-state index contributed by atoms with van der Waals surface area (Å²) in [7, 11) is 0. The van der Waals surface area contributed by atoms with Crippen LogP contribution < -0.4 is 10.2 Å². The van der Waals surface area contributed by atoms with Crippen LogP contribution in [-0.2, 0) is 6.54 Å². The number of nitrogens with one attached hydrogen (secondary N) is 1. The molecular formula is C21H21N7. The highest BCUT2D eigenvalue weighted by Crippen LogP contribution is 2.19. The van der Waals surface area contributed by atoms with Crippen LogP contribution in [0.25, 0.3) is 0 Å². The molecule has 3 heterocycles. The van der Waals surface area contributed by atoms with Crippen molar-refractivity contribution in [1.82, 2.24) is 19.9 Å². The fourth-order valence-corrected chi connectivity index (χ4v) is 3.28. The van der Waals surface area contributed by atoms with Gasteiger partial charge in [0.2, 0.25) is 0 Å². The maximum atomic E-state index is 9.11. The first-order chi connectivity index (χ1) is 13.8. The van der Waals surface area contributed by atoms with Crippen LogP contribution in [0.3, 0.4) is 0 Å². The van der Waals surface area contributed by atoms with E-state index in [0.29, 0.717) is 5.82 Å². The van der Waals surface area contributed by atoms with Gasteiger partial charge in [0.25, 0.3) is 0 Å². The highest BCUT2D eigenvalue weighted by atomic mass is 15.3. The molecule has 0 unspecified atom stereocenters. The summed E-state index contributed by atoms with van der Waals surface area (Å²) in [6.07, 6.45) is 4.93. The van der Waals surface area contributed by atoms with E-state index in [4.69, 9.17) is 5.26 Å². The largest absolute Gasteiger partial charge is 0.354 e. The lowest BCUT2D eigenvalue weighted by atomic mass is 10.1. The van der Waals surface area contributed by atoms with E-state index in [9.17, 15) is 0 Å². The van der Waals surface area contributed by atoms with E-state index < -0.39 is 0 Å². The highest BCUT2D eigenvalue weighted by molar-refractivity contribution is 5.60. The number of benzene rings is 1. The first-order valence-electron chi connectivity index (χ1n) is 9.27. The molecule has 140 valence electrons. The van der Waals surface area contributed by atoms with Gasteiger partial charge in [0, 0.05) is 57.0 Å². The Morgan fingerprint density at radius 3 is 2.39 bits per heavy atom. The zero-order valence-corrected chi connectivity index (χ0v) is 15.5. The summed E-state index contributed by atoms with van der Waals surface area (Å²) in [6, 6.07) is 16.3. The summed E-state index contributed by atoms with van der Waals surface area (Å²) >= 11 is 0. The molecule has 7 heteroatoms. The Bertz CT molecular complexity index is 942. The third-order valence-corrected chi connectivity index (χ3v) is 4.77. The molecule has 0 bridgehead atoms. The fraction of sp³-hybridized carbons (Fsp3) is 0.238. The second kappa shape index (κ2) is 8.46. The standard InChI is InChI=1S/C21H21N7/c22-15-19-21(25-10-9-23-19)26-18-6-4-17(5-7-18)16-27-11-13-28(14-12-27)20-3-1-2-8-24-20/h1-10H,11-14,16H2,(H,25,26). The van der Waals surface area contributed by atoms with E-state index in [2.05, 4.69) is 48.3 Å². The topological polar surface area (TPSA) is 81.0 Å². The van der Waals surface area contributed by atoms with Crippen molar-refractivity contribution in [3.63, 3.8) is 0 Å². The van der Waals surface area contributed by atoms with E-state index in [1.807, 2.05) is 36.5 Å². The number of aromatic nitrogens is 3. The van der Waals surface area contributed by atoms with Crippen molar-refractivity contribution in [2.75, 3.05) is 36.4 Å². The number of hydrogen-bond acceptors (Lipinski definition) is 7. The smallest absolute Gasteiger partial charge is 0.183 e. The summed E-state index contributed by atoms with van der Waals surface area (Å²) in [5, 5.41) is 12.3. The van der Waals surface area contributed by atoms with Crippen LogP contribution in [0.5, 0.6) is 0 Å². The van der Waals surface area contributed by atoms with Crippen molar-refractivity contribution in [3.05, 3.63) is 72.3 Å². The molecule has 0 aliphatic carbocycles. The van der Waals surface area contributed by atoms with Crippen molar-refractivity contribution in [1.29, 1.82) is 5.26 Å². The zero-order valence-electron chi connectivity index (χ0n) is 15.5. The molecule has 1 fully saturated rings. The number of piperazine rings is 1. The lowest BCUT2D eigenvalue weighted by Gasteiger charge is -2.35. The summed E-state index contributed by atoms with van der Waals surface area (Å²) < 4.78 is 0. The normalized spacial score (nSPS) is 14.5. The predicted molar refractivity (Wildman–Crippen MR) is 108 cm³/mol. The molecule has 3 aromatic rings. The van der Waals surface area contributed by atoms with Crippen molar-refractivity contribution in [3.8, 4) is 6.07 Å². The fourth-order valence-electron chi connectivity index (χ4n) is 3.28. The monoisotopic (exact) mass is 371 g/mol. The molecule has 1 saturated heterocycles. The van der Waals surface area contributed by atoms with Crippen LogP contribution in [0.2, 0.25) is 0 Å². The minimum absolute atomic E-state index is 0.289. The van der Waals surface area contributed by atoms with Crippen LogP contribution in [0.15, 0.2) is 61.1 Å². The van der Waals surface area contributed by atoms with Gasteiger partial charge in [-0.1, -0.05) is 18.2 Å². The Morgan fingerprint density at radius 2 is 1.68 bits per heavy atom. The van der Waals surface area contributed by atoms with E-state index in [-0.39, 0.29) is 5.69 Å². The maximum absolute atomic E-state index is 9.11. The maximum Gasteiger partial charge on any atom is 0.183 e. The van der Waals surface area contributed by atoms with Gasteiger partial charge in [0.15, 0.2) is 11.5 Å². The second-order valence-electron chi connectivity index (χ2n) is 6.64. The van der Waals surface area contributed by atoms with Crippen molar-refractivity contribution >= 4 is 17.3 Å². The van der Waals surface area contributed by atoms with Gasteiger partial charge < -0.3 is 10.2 Å². The number of hydrogen-bond donors (Lipinski definition) is 1. The molecule has 0 spiro atoms. The van der Waals surface area contributed by atoms with E-state index >= 15 is 0 Å². The van der Waals surface area contributed by atoms with Crippen LogP contribution in [-0.4, -0.2) is 46.0 Å². The van der Waals surface area contributed by atoms with Gasteiger partial charge >= 0.3 is 0 Å². The SMILES string of the molecule is N#Cc1nccnc1Nc1ccc(CN2CCN(c3ccccn3)CC2)cc1. The Balaban J connectivity index is 1.32. The van der Waals surface area contributed by atoms with Gasteiger partial charge in [-0.2, -0.15) is 5.26 Å². The molecule has 1 aromatic carbocycles. The highest BCUT2D eigenvalue weighted by Gasteiger charge is 2.17. The Labute approximate surface area is 164 Å². The lowest BCUT2D eigenvalue weighted by molar-refractivity contribution is 0.249. The molecular weight excluding hydrogens is 350 g/mol. The number of nitriles is 1. The molecule has 1 aliphatic rings. The Morgan fingerprint density at radius 1 is 0.893 bits per heavy atom. The van der Waals surface area contributed by atoms with Crippen molar-refractivity contribution in [2.45, 2.75) is 6.54 Å². The minimum atomic E-state index is 0.289. The summed E-state index contributed by atoms with van der Waals surface area (Å²) in [5.41, 5.74) is 2.44. The molecule has 4 rings (SSSR count). The van der Waals surface area contributed by atoms with Crippen LogP contribution in [0.1, 0.15) is 11.3 Å². The van der Waals surface area contributed by atoms with Gasteiger partial charge in [0.05, 0.1) is 0 Å². The molecule has 2 aromatic heterocycles. The van der Waals surface area contributed by atoms with Crippen LogP contribution in [0.4, 0.5) is 17.3 Å². The molecule has 28 heavy (non-hydrogen) atoms. The first-order valence-corrected chi connectivity index (χ1v) is 9.27. The molecule has 0 amide bonds. The third kappa shape index (κ3) is 4.24. The van der Waals surface area contributed by atoms with Gasteiger partial charge in [-0.05, 0) is 29.8 Å². The molecule has 0 atom stereocenters. The molecule has 1 N–H and O–H groups in total. The average Bonchev–Trinajstić information content (AvgIpc) is 2.77. The number of pyridine rings is 1. The van der Waals surface area contributed by atoms with Crippen LogP contribution in [0, 0.1) is 11.3 Å². The molecule has 7 nitrogen and oxygen atoms in total. The van der Waals surface area contributed by atoms with Gasteiger partial charge in [-0.15, -0.1) is 0 Å². The molecule has 0 saturated carbocycles. The van der Waals surface area contributed by atoms with Crippen molar-refractivity contribution < 1.29 is 0 Å². The third-order valence-electron chi connectivity index (χ3n) is 4.77. The van der Waals surface area contributed by atoms with Gasteiger partial charge in [-0.3, -0.25) is 4.90 Å². The average molecular weight is 371 g/mol. The molecule has 0 radical (unpaired) electrons. The van der Waals surface area contributed by atoms with Crippen LogP contribution >= 0.6 is 0 Å². The number of nitrogens with zero attached hydrogens (tertiary/aromatic N) is 6. The predicted octanol–water partition coefficient (Wildman–Crippen LogP) is 2.81. The Kier molecular flexibility index (Phi) is 5.41. The van der Waals surface area contributed by atoms with Gasteiger partial charge in [-0.25, -0.2) is 15.0 Å². The lowest BCUT2D eigenvalue weighted by Crippen LogP contribution is -2.46. The molecule has 1 aliphatic heterocycles. The van der Waals surface area contributed by atoms with Crippen molar-refractivity contribution in [2.24, 2.45) is 0 Å². The number of rotatable bonds is 5. The number of anilines is 3. The summed E-state index contributed by atoms with van der Waals surface area (Å²) in [4.78, 5) is 17.4. The summed E-state index contributed by atoms with van der Waals surface area (Å²) in [6.45, 7) is 4.93. The summed E-state index contributed by atoms with van der Waals surface area (Å²) in [5.74, 6) is 1.53. The van der Waals surface area contributed by atoms with E-state index in [1.54, 1.807) is 6.20 Å². The van der Waals surface area contributed by atoms with E-state index in [0.717, 1.165) is 44.2 Å². The second-order valence-corrected chi connectivity index (χ2v) is 6.64. The van der Waals surface area contributed by atoms with Gasteiger partial charge in [0.1, 0.15) is 11.9 Å². The van der Waals surface area contributed by atoms with E-state index in [1.165, 1.54) is 11.8 Å².